The van der Waals surface area contributed by atoms with Crippen LogP contribution in [0, 0.1) is 0 Å². The number of esters is 2. The first-order valence-corrected chi connectivity index (χ1v) is 14.7. The van der Waals surface area contributed by atoms with Crippen LogP contribution in [0.3, 0.4) is 0 Å². The predicted octanol–water partition coefficient (Wildman–Crippen LogP) is 6.55. The van der Waals surface area contributed by atoms with Gasteiger partial charge in [0.25, 0.3) is 0 Å². The van der Waals surface area contributed by atoms with Crippen molar-refractivity contribution < 1.29 is 59.8 Å². The fourth-order valence-electron chi connectivity index (χ4n) is 2.42. The summed E-state index contributed by atoms with van der Waals surface area (Å²) in [5.74, 6) is -10.7. The number of carbonyl (C=O) groups is 4. The minimum absolute atomic E-state index is 0.000544. The fourth-order valence-corrected chi connectivity index (χ4v) is 3.41. The molecule has 0 amide bonds. The third-order valence-corrected chi connectivity index (χ3v) is 6.61. The van der Waals surface area contributed by atoms with Crippen LogP contribution in [0.25, 0.3) is 0 Å². The van der Waals surface area contributed by atoms with Gasteiger partial charge in [0.2, 0.25) is 11.6 Å². The Morgan fingerprint density at radius 1 is 0.692 bits per heavy atom. The van der Waals surface area contributed by atoms with Crippen molar-refractivity contribution in [2.45, 2.75) is 104 Å². The molecule has 0 bridgehead atoms. The summed E-state index contributed by atoms with van der Waals surface area (Å²) in [6.45, 7) is 8.98. The van der Waals surface area contributed by atoms with Gasteiger partial charge in [0, 0.05) is 33.5 Å². The van der Waals surface area contributed by atoms with E-state index in [4.69, 9.17) is 0 Å². The summed E-state index contributed by atoms with van der Waals surface area (Å²) in [7, 11) is -1.58. The Kier molecular flexibility index (Phi) is 24.5. The second kappa shape index (κ2) is 22.9. The topological polar surface area (TPSA) is 122 Å². The highest BCUT2D eigenvalue weighted by atomic mass is 31.2. The Morgan fingerprint density at radius 3 is 1.51 bits per heavy atom. The summed E-state index contributed by atoms with van der Waals surface area (Å²) in [6.07, 6.45) is 1.95. The normalized spacial score (nSPS) is 11.4. The molecule has 0 radical (unpaired) electrons. The molecule has 0 aromatic heterocycles. The minimum Gasteiger partial charge on any atom is -0.462 e. The average molecular weight is 597 g/mol. The van der Waals surface area contributed by atoms with E-state index in [1.54, 1.807) is 20.8 Å². The van der Waals surface area contributed by atoms with Crippen LogP contribution in [-0.2, 0) is 42.3 Å². The van der Waals surface area contributed by atoms with E-state index in [1.807, 2.05) is 6.92 Å². The van der Waals surface area contributed by atoms with Gasteiger partial charge in [-0.05, 0) is 33.1 Å². The van der Waals surface area contributed by atoms with Crippen LogP contribution in [0.1, 0.15) is 92.4 Å². The molecule has 0 spiro atoms. The lowest BCUT2D eigenvalue weighted by atomic mass is 10.1. The van der Waals surface area contributed by atoms with Crippen molar-refractivity contribution >= 4 is 31.1 Å². The van der Waals surface area contributed by atoms with Crippen molar-refractivity contribution in [3.05, 3.63) is 0 Å². The van der Waals surface area contributed by atoms with Gasteiger partial charge in [-0.2, -0.15) is 17.6 Å². The molecule has 0 rings (SSSR count). The molecule has 0 N–H and O–H groups in total. The number of hydrogen-bond acceptors (Lipinski definition) is 9. The highest BCUT2D eigenvalue weighted by Crippen LogP contribution is 2.47. The van der Waals surface area contributed by atoms with Gasteiger partial charge in [0.15, 0.2) is 0 Å². The smallest absolute Gasteiger partial charge is 0.376 e. The lowest BCUT2D eigenvalue weighted by molar-refractivity contribution is -0.172. The quantitative estimate of drug-likeness (QED) is 0.0750. The maximum absolute atomic E-state index is 13.2. The number of ketones is 2. The number of hydrogen-bond donors (Lipinski definition) is 0. The van der Waals surface area contributed by atoms with E-state index in [-0.39, 0.29) is 19.6 Å². The van der Waals surface area contributed by atoms with Crippen LogP contribution < -0.4 is 0 Å². The second-order valence-electron chi connectivity index (χ2n) is 8.14. The zero-order valence-corrected chi connectivity index (χ0v) is 25.0. The van der Waals surface area contributed by atoms with Gasteiger partial charge in [-0.25, -0.2) is 9.59 Å². The number of alkyl halides is 4. The van der Waals surface area contributed by atoms with Crippen LogP contribution in [-0.4, -0.2) is 68.9 Å². The molecule has 14 heteroatoms. The van der Waals surface area contributed by atoms with E-state index in [2.05, 4.69) is 18.5 Å². The molecule has 0 aliphatic carbocycles. The Hall–Kier alpha value is -1.85. The SMILES string of the molecule is CCCCC(=O)C(=O)OCC.CCCCC(F)(F)C(=O)CP(=O)(OC)OC.CCCCC(F)(F)C(=O)OCC. The molecule has 0 heterocycles. The summed E-state index contributed by atoms with van der Waals surface area (Å²) in [5, 5.41) is 0. The molecule has 0 aliphatic rings. The molecule has 0 atom stereocenters. The van der Waals surface area contributed by atoms with Gasteiger partial charge < -0.3 is 18.5 Å². The molecular formula is C25H45F4O9P. The standard InChI is InChI=1S/C9H17F2O4P.C8H14F2O2.C8H14O3/c1-4-5-6-9(10,11)8(12)7-16(13,14-2)15-3;1-3-5-6-8(9,10)7(11)12-4-2;1-3-5-6-7(9)8(10)11-4-2/h4-7H2,1-3H3;3-6H2,1-2H3;3-6H2,1-2H3. The van der Waals surface area contributed by atoms with E-state index in [0.717, 1.165) is 27.1 Å². The summed E-state index contributed by atoms with van der Waals surface area (Å²) in [4.78, 5) is 43.3. The first kappa shape index (κ1) is 41.6. The maximum Gasteiger partial charge on any atom is 0.376 e. The van der Waals surface area contributed by atoms with Crippen molar-refractivity contribution in [2.24, 2.45) is 0 Å². The molecule has 232 valence electrons. The van der Waals surface area contributed by atoms with Crippen molar-refractivity contribution in [2.75, 3.05) is 33.6 Å². The molecule has 0 fully saturated rings. The van der Waals surface area contributed by atoms with E-state index in [9.17, 15) is 41.3 Å². The fraction of sp³-hybridized carbons (Fsp3) is 0.840. The summed E-state index contributed by atoms with van der Waals surface area (Å²) in [5.41, 5.74) is 0. The van der Waals surface area contributed by atoms with Crippen LogP contribution in [0.4, 0.5) is 17.6 Å². The lowest BCUT2D eigenvalue weighted by Gasteiger charge is -2.18. The number of carbonyl (C=O) groups excluding carboxylic acids is 4. The van der Waals surface area contributed by atoms with E-state index in [1.165, 1.54) is 6.92 Å². The lowest BCUT2D eigenvalue weighted by Crippen LogP contribution is -2.31. The van der Waals surface area contributed by atoms with Gasteiger partial charge in [0.1, 0.15) is 6.16 Å². The average Bonchev–Trinajstić information content (AvgIpc) is 2.90. The van der Waals surface area contributed by atoms with Gasteiger partial charge in [-0.15, -0.1) is 0 Å². The van der Waals surface area contributed by atoms with Crippen molar-refractivity contribution in [1.29, 1.82) is 0 Å². The molecule has 0 aliphatic heterocycles. The first-order chi connectivity index (χ1) is 18.1. The Morgan fingerprint density at radius 2 is 1.13 bits per heavy atom. The van der Waals surface area contributed by atoms with Crippen molar-refractivity contribution in [1.82, 2.24) is 0 Å². The highest BCUT2D eigenvalue weighted by Gasteiger charge is 2.42. The third kappa shape index (κ3) is 20.7. The monoisotopic (exact) mass is 596 g/mol. The summed E-state index contributed by atoms with van der Waals surface area (Å²) in [6, 6.07) is 0. The zero-order valence-electron chi connectivity index (χ0n) is 24.1. The van der Waals surface area contributed by atoms with Gasteiger partial charge in [-0.3, -0.25) is 14.2 Å². The van der Waals surface area contributed by atoms with Gasteiger partial charge in [-0.1, -0.05) is 40.0 Å². The largest absolute Gasteiger partial charge is 0.462 e. The number of ether oxygens (including phenoxy) is 2. The molecular weight excluding hydrogens is 551 g/mol. The Balaban J connectivity index is -0.000000510. The van der Waals surface area contributed by atoms with Crippen molar-refractivity contribution in [3.8, 4) is 0 Å². The molecule has 39 heavy (non-hydrogen) atoms. The maximum atomic E-state index is 13.2. The predicted molar refractivity (Wildman–Crippen MR) is 138 cm³/mol. The van der Waals surface area contributed by atoms with Crippen LogP contribution >= 0.6 is 7.60 Å². The Bertz CT molecular complexity index is 754. The van der Waals surface area contributed by atoms with E-state index >= 15 is 0 Å². The third-order valence-electron chi connectivity index (χ3n) is 4.82. The van der Waals surface area contributed by atoms with Crippen LogP contribution in [0.5, 0.6) is 0 Å². The number of Topliss-reactive ketones (excluding diaryl/α,β-unsaturated/α-hetero) is 2. The van der Waals surface area contributed by atoms with Gasteiger partial charge in [0.05, 0.1) is 13.2 Å². The number of halogens is 4. The van der Waals surface area contributed by atoms with E-state index in [0.29, 0.717) is 25.7 Å². The second-order valence-corrected chi connectivity index (χ2v) is 10.4. The molecule has 0 aromatic carbocycles. The number of rotatable bonds is 18. The first-order valence-electron chi connectivity index (χ1n) is 12.9. The summed E-state index contributed by atoms with van der Waals surface area (Å²) < 4.78 is 81.0. The van der Waals surface area contributed by atoms with E-state index < -0.39 is 61.9 Å². The molecule has 9 nitrogen and oxygen atoms in total. The van der Waals surface area contributed by atoms with Crippen molar-refractivity contribution in [3.63, 3.8) is 0 Å². The minimum atomic E-state index is -3.70. The molecule has 0 saturated carbocycles. The molecule has 0 unspecified atom stereocenters. The highest BCUT2D eigenvalue weighted by molar-refractivity contribution is 7.54. The van der Waals surface area contributed by atoms with Gasteiger partial charge >= 0.3 is 31.4 Å². The summed E-state index contributed by atoms with van der Waals surface area (Å²) >= 11 is 0. The number of unbranched alkanes of at least 4 members (excludes halogenated alkanes) is 3. The molecule has 0 saturated heterocycles. The van der Waals surface area contributed by atoms with Crippen LogP contribution in [0.15, 0.2) is 0 Å². The molecule has 0 aromatic rings. The zero-order chi connectivity index (χ0) is 31.1. The Labute approximate surface area is 229 Å². The van der Waals surface area contributed by atoms with Crippen LogP contribution in [0.2, 0.25) is 0 Å².